The summed E-state index contributed by atoms with van der Waals surface area (Å²) < 4.78 is 1.90. The average Bonchev–Trinajstić information content (AvgIpc) is 2.50. The molecule has 0 saturated heterocycles. The van der Waals surface area contributed by atoms with Crippen LogP contribution in [0, 0.1) is 0 Å². The number of nitrogens with one attached hydrogen (secondary N) is 1. The number of halogens is 1. The highest BCUT2D eigenvalue weighted by Crippen LogP contribution is 2.33. The van der Waals surface area contributed by atoms with Crippen LogP contribution >= 0.6 is 11.8 Å². The van der Waals surface area contributed by atoms with Crippen molar-refractivity contribution >= 4 is 11.8 Å². The molecular formula is C9H14ClN3O. The Labute approximate surface area is 88.0 Å². The number of hydrogen-bond acceptors (Lipinski definition) is 3. The normalized spacial score (nSPS) is 28.5. The maximum atomic E-state index is 9.48. The fraction of sp³-hybridized carbons (Fsp3) is 0.667. The standard InChI is InChI=1S/C9H14ClN3O/c1-6(14)9-2-3-11-13(9)8-4-7(5-8)12-10/h2-3,6-8,12,14H,4-5H2,1H3. The molecule has 0 spiro atoms. The van der Waals surface area contributed by atoms with Crippen LogP contribution in [-0.2, 0) is 0 Å². The maximum Gasteiger partial charge on any atom is 0.0928 e. The minimum Gasteiger partial charge on any atom is -0.387 e. The first-order chi connectivity index (χ1) is 6.72. The van der Waals surface area contributed by atoms with E-state index in [2.05, 4.69) is 9.93 Å². The van der Waals surface area contributed by atoms with Gasteiger partial charge < -0.3 is 5.11 Å². The van der Waals surface area contributed by atoms with E-state index in [0.29, 0.717) is 12.1 Å². The van der Waals surface area contributed by atoms with Crippen molar-refractivity contribution in [2.75, 3.05) is 0 Å². The topological polar surface area (TPSA) is 50.1 Å². The monoisotopic (exact) mass is 215 g/mol. The number of nitrogens with zero attached hydrogens (tertiary/aromatic N) is 2. The van der Waals surface area contributed by atoms with Crippen LogP contribution in [0.2, 0.25) is 0 Å². The molecule has 4 nitrogen and oxygen atoms in total. The Morgan fingerprint density at radius 3 is 3.00 bits per heavy atom. The molecule has 1 aromatic heterocycles. The van der Waals surface area contributed by atoms with Crippen LogP contribution in [0.25, 0.3) is 0 Å². The second kappa shape index (κ2) is 3.88. The van der Waals surface area contributed by atoms with Gasteiger partial charge in [0.2, 0.25) is 0 Å². The van der Waals surface area contributed by atoms with Gasteiger partial charge in [0, 0.05) is 12.2 Å². The Balaban J connectivity index is 2.07. The zero-order valence-electron chi connectivity index (χ0n) is 8.02. The van der Waals surface area contributed by atoms with Crippen molar-refractivity contribution in [1.82, 2.24) is 14.6 Å². The van der Waals surface area contributed by atoms with Crippen molar-refractivity contribution in [3.05, 3.63) is 18.0 Å². The van der Waals surface area contributed by atoms with E-state index in [0.717, 1.165) is 18.5 Å². The smallest absolute Gasteiger partial charge is 0.0928 e. The molecule has 0 bridgehead atoms. The van der Waals surface area contributed by atoms with Crippen LogP contribution in [-0.4, -0.2) is 20.9 Å². The third-order valence-corrected chi connectivity index (χ3v) is 3.05. The molecule has 14 heavy (non-hydrogen) atoms. The molecule has 0 aliphatic heterocycles. The molecule has 0 aromatic carbocycles. The zero-order valence-corrected chi connectivity index (χ0v) is 8.78. The van der Waals surface area contributed by atoms with Gasteiger partial charge in [0.05, 0.1) is 17.8 Å². The summed E-state index contributed by atoms with van der Waals surface area (Å²) in [7, 11) is 0. The van der Waals surface area contributed by atoms with Crippen LogP contribution in [0.3, 0.4) is 0 Å². The fourth-order valence-electron chi connectivity index (χ4n) is 1.84. The average molecular weight is 216 g/mol. The molecule has 0 radical (unpaired) electrons. The van der Waals surface area contributed by atoms with E-state index in [1.165, 1.54) is 0 Å². The molecule has 1 fully saturated rings. The summed E-state index contributed by atoms with van der Waals surface area (Å²) in [4.78, 5) is 2.71. The number of hydrogen-bond donors (Lipinski definition) is 2. The van der Waals surface area contributed by atoms with Gasteiger partial charge in [-0.3, -0.25) is 4.68 Å². The zero-order chi connectivity index (χ0) is 10.1. The molecule has 2 rings (SSSR count). The van der Waals surface area contributed by atoms with Crippen LogP contribution in [0.5, 0.6) is 0 Å². The molecule has 1 aliphatic rings. The number of aromatic nitrogens is 2. The molecule has 1 aliphatic carbocycles. The van der Waals surface area contributed by atoms with E-state index in [1.807, 2.05) is 10.7 Å². The second-order valence-electron chi connectivity index (χ2n) is 3.81. The van der Waals surface area contributed by atoms with Crippen molar-refractivity contribution in [2.45, 2.75) is 38.0 Å². The van der Waals surface area contributed by atoms with E-state index < -0.39 is 6.10 Å². The minimum absolute atomic E-state index is 0.380. The number of rotatable bonds is 3. The predicted octanol–water partition coefficient (Wildman–Crippen LogP) is 1.38. The van der Waals surface area contributed by atoms with Crippen molar-refractivity contribution in [3.63, 3.8) is 0 Å². The lowest BCUT2D eigenvalue weighted by Gasteiger charge is -2.35. The molecule has 78 valence electrons. The molecule has 5 heteroatoms. The molecule has 1 atom stereocenters. The van der Waals surface area contributed by atoms with Crippen LogP contribution in [0.4, 0.5) is 0 Å². The van der Waals surface area contributed by atoms with E-state index in [-0.39, 0.29) is 0 Å². The number of aliphatic hydroxyl groups excluding tert-OH is 1. The van der Waals surface area contributed by atoms with Gasteiger partial charge in [0.25, 0.3) is 0 Å². The first-order valence-electron chi connectivity index (χ1n) is 4.80. The Hall–Kier alpha value is -0.580. The van der Waals surface area contributed by atoms with Crippen LogP contribution < -0.4 is 4.84 Å². The van der Waals surface area contributed by atoms with Crippen LogP contribution in [0.1, 0.15) is 37.6 Å². The van der Waals surface area contributed by atoms with Gasteiger partial charge in [-0.1, -0.05) is 0 Å². The lowest BCUT2D eigenvalue weighted by Crippen LogP contribution is -2.39. The van der Waals surface area contributed by atoms with Gasteiger partial charge >= 0.3 is 0 Å². The van der Waals surface area contributed by atoms with Crippen molar-refractivity contribution in [2.24, 2.45) is 0 Å². The summed E-state index contributed by atoms with van der Waals surface area (Å²) in [6.45, 7) is 1.75. The third kappa shape index (κ3) is 1.65. The molecule has 0 amide bonds. The van der Waals surface area contributed by atoms with Gasteiger partial charge in [-0.15, -0.1) is 0 Å². The van der Waals surface area contributed by atoms with Crippen molar-refractivity contribution < 1.29 is 5.11 Å². The first-order valence-corrected chi connectivity index (χ1v) is 5.17. The Bertz CT molecular complexity index is 307. The summed E-state index contributed by atoms with van der Waals surface area (Å²) in [6.07, 6.45) is 3.22. The lowest BCUT2D eigenvalue weighted by atomic mass is 9.87. The summed E-state index contributed by atoms with van der Waals surface area (Å²) in [5, 5.41) is 13.7. The summed E-state index contributed by atoms with van der Waals surface area (Å²) in [6, 6.07) is 2.62. The third-order valence-electron chi connectivity index (χ3n) is 2.74. The van der Waals surface area contributed by atoms with E-state index in [1.54, 1.807) is 13.1 Å². The highest BCUT2D eigenvalue weighted by atomic mass is 35.5. The summed E-state index contributed by atoms with van der Waals surface area (Å²) in [5.74, 6) is 0. The maximum absolute atomic E-state index is 9.48. The Morgan fingerprint density at radius 2 is 2.43 bits per heavy atom. The van der Waals surface area contributed by atoms with Gasteiger partial charge in [-0.05, 0) is 37.6 Å². The first kappa shape index (κ1) is 9.96. The van der Waals surface area contributed by atoms with E-state index in [4.69, 9.17) is 11.8 Å². The quantitative estimate of drug-likeness (QED) is 0.750. The van der Waals surface area contributed by atoms with Gasteiger partial charge in [0.1, 0.15) is 0 Å². The van der Waals surface area contributed by atoms with E-state index in [9.17, 15) is 5.11 Å². The Kier molecular flexibility index (Phi) is 2.76. The molecular weight excluding hydrogens is 202 g/mol. The molecule has 1 saturated carbocycles. The summed E-state index contributed by atoms with van der Waals surface area (Å²) >= 11 is 5.50. The molecule has 2 N–H and O–H groups in total. The molecule has 1 unspecified atom stereocenters. The van der Waals surface area contributed by atoms with Crippen molar-refractivity contribution in [1.29, 1.82) is 0 Å². The molecule has 1 heterocycles. The predicted molar refractivity (Wildman–Crippen MR) is 53.9 cm³/mol. The highest BCUT2D eigenvalue weighted by molar-refractivity contribution is 6.13. The number of aliphatic hydroxyl groups is 1. The van der Waals surface area contributed by atoms with Crippen LogP contribution in [0.15, 0.2) is 12.3 Å². The largest absolute Gasteiger partial charge is 0.387 e. The van der Waals surface area contributed by atoms with Gasteiger partial charge in [-0.25, -0.2) is 4.84 Å². The van der Waals surface area contributed by atoms with Gasteiger partial charge in [-0.2, -0.15) is 5.10 Å². The van der Waals surface area contributed by atoms with Gasteiger partial charge in [0.15, 0.2) is 0 Å². The molecule has 1 aromatic rings. The van der Waals surface area contributed by atoms with Crippen molar-refractivity contribution in [3.8, 4) is 0 Å². The highest BCUT2D eigenvalue weighted by Gasteiger charge is 2.31. The second-order valence-corrected chi connectivity index (χ2v) is 4.03. The SMILES string of the molecule is CC(O)c1ccnn1C1CC(NCl)C1. The Morgan fingerprint density at radius 1 is 1.71 bits per heavy atom. The minimum atomic E-state index is -0.458. The lowest BCUT2D eigenvalue weighted by molar-refractivity contribution is 0.164. The summed E-state index contributed by atoms with van der Waals surface area (Å²) in [5.41, 5.74) is 0.878. The van der Waals surface area contributed by atoms with E-state index >= 15 is 0 Å². The fourth-order valence-corrected chi connectivity index (χ4v) is 2.02.